The summed E-state index contributed by atoms with van der Waals surface area (Å²) in [7, 11) is 0. The van der Waals surface area contributed by atoms with E-state index in [9.17, 15) is 0 Å². The second kappa shape index (κ2) is 5.99. The molecular weight excluding hydrogens is 313 g/mol. The molecule has 0 aliphatic rings. The number of halogens is 2. The van der Waals surface area contributed by atoms with Crippen LogP contribution in [-0.4, -0.2) is 30.6 Å². The molecule has 8 heteroatoms. The SMILES string of the molecule is Cc1noc(CCn2c(CCCl)nc3cc(Cl)cnc32)n1. The average Bonchev–Trinajstić information content (AvgIpc) is 3.00. The quantitative estimate of drug-likeness (QED) is 0.674. The lowest BCUT2D eigenvalue weighted by atomic mass is 10.3. The molecule has 0 aliphatic heterocycles. The molecule has 3 heterocycles. The van der Waals surface area contributed by atoms with Crippen LogP contribution < -0.4 is 0 Å². The van der Waals surface area contributed by atoms with Crippen molar-refractivity contribution in [3.8, 4) is 0 Å². The first kappa shape index (κ1) is 14.3. The fraction of sp³-hybridized carbons (Fsp3) is 0.385. The first-order valence-corrected chi connectivity index (χ1v) is 7.44. The van der Waals surface area contributed by atoms with Crippen LogP contribution in [0.3, 0.4) is 0 Å². The maximum Gasteiger partial charge on any atom is 0.228 e. The van der Waals surface area contributed by atoms with Crippen LogP contribution in [-0.2, 0) is 19.4 Å². The van der Waals surface area contributed by atoms with Gasteiger partial charge in [-0.15, -0.1) is 11.6 Å². The number of aromatic nitrogens is 5. The van der Waals surface area contributed by atoms with Gasteiger partial charge >= 0.3 is 0 Å². The molecule has 0 radical (unpaired) electrons. The summed E-state index contributed by atoms with van der Waals surface area (Å²) in [5.41, 5.74) is 1.56. The smallest absolute Gasteiger partial charge is 0.228 e. The molecule has 0 aromatic carbocycles. The zero-order chi connectivity index (χ0) is 14.8. The predicted octanol–water partition coefficient (Wildman–Crippen LogP) is 2.80. The molecular formula is C13H13Cl2N5O. The van der Waals surface area contributed by atoms with E-state index in [1.807, 2.05) is 4.57 Å². The first-order chi connectivity index (χ1) is 10.2. The van der Waals surface area contributed by atoms with Crippen LogP contribution in [0.25, 0.3) is 11.2 Å². The van der Waals surface area contributed by atoms with Crippen LogP contribution in [0.2, 0.25) is 5.02 Å². The summed E-state index contributed by atoms with van der Waals surface area (Å²) in [6.07, 6.45) is 2.90. The number of aryl methyl sites for hydroxylation is 4. The number of nitrogens with zero attached hydrogens (tertiary/aromatic N) is 5. The van der Waals surface area contributed by atoms with Crippen molar-refractivity contribution < 1.29 is 4.52 Å². The molecule has 0 bridgehead atoms. The number of hydrogen-bond acceptors (Lipinski definition) is 5. The van der Waals surface area contributed by atoms with Crippen molar-refractivity contribution in [1.82, 2.24) is 24.7 Å². The van der Waals surface area contributed by atoms with Gasteiger partial charge in [-0.1, -0.05) is 16.8 Å². The molecule has 0 atom stereocenters. The number of rotatable bonds is 5. The molecule has 0 N–H and O–H groups in total. The van der Waals surface area contributed by atoms with Gasteiger partial charge in [-0.25, -0.2) is 9.97 Å². The Hall–Kier alpha value is -1.66. The molecule has 0 saturated heterocycles. The van der Waals surface area contributed by atoms with Crippen LogP contribution in [0, 0.1) is 6.92 Å². The van der Waals surface area contributed by atoms with Crippen LogP contribution in [0.15, 0.2) is 16.8 Å². The molecule has 0 spiro atoms. The predicted molar refractivity (Wildman–Crippen MR) is 79.7 cm³/mol. The number of alkyl halides is 1. The van der Waals surface area contributed by atoms with Crippen molar-refractivity contribution in [2.24, 2.45) is 0 Å². The Bertz CT molecular complexity index is 767. The normalized spacial score (nSPS) is 11.4. The van der Waals surface area contributed by atoms with Gasteiger partial charge in [0, 0.05) is 31.5 Å². The highest BCUT2D eigenvalue weighted by atomic mass is 35.5. The number of pyridine rings is 1. The molecule has 0 saturated carbocycles. The van der Waals surface area contributed by atoms with Crippen molar-refractivity contribution in [2.45, 2.75) is 26.3 Å². The summed E-state index contributed by atoms with van der Waals surface area (Å²) in [5, 5.41) is 4.35. The summed E-state index contributed by atoms with van der Waals surface area (Å²) in [4.78, 5) is 13.1. The maximum atomic E-state index is 5.96. The van der Waals surface area contributed by atoms with E-state index in [1.54, 1.807) is 19.2 Å². The van der Waals surface area contributed by atoms with Gasteiger partial charge in [0.25, 0.3) is 0 Å². The molecule has 0 aliphatic carbocycles. The van der Waals surface area contributed by atoms with Gasteiger partial charge in [-0.2, -0.15) is 4.98 Å². The topological polar surface area (TPSA) is 69.6 Å². The highest BCUT2D eigenvalue weighted by molar-refractivity contribution is 6.31. The molecule has 0 unspecified atom stereocenters. The molecule has 6 nitrogen and oxygen atoms in total. The van der Waals surface area contributed by atoms with Gasteiger partial charge in [-0.05, 0) is 13.0 Å². The Kier molecular flexibility index (Phi) is 4.07. The van der Waals surface area contributed by atoms with E-state index < -0.39 is 0 Å². The van der Waals surface area contributed by atoms with Crippen LogP contribution in [0.5, 0.6) is 0 Å². The minimum absolute atomic E-state index is 0.497. The van der Waals surface area contributed by atoms with Gasteiger partial charge in [0.1, 0.15) is 11.3 Å². The lowest BCUT2D eigenvalue weighted by molar-refractivity contribution is 0.368. The zero-order valence-electron chi connectivity index (χ0n) is 11.4. The Labute approximate surface area is 131 Å². The Morgan fingerprint density at radius 2 is 2.14 bits per heavy atom. The van der Waals surface area contributed by atoms with E-state index in [1.165, 1.54) is 0 Å². The fourth-order valence-electron chi connectivity index (χ4n) is 2.19. The second-order valence-corrected chi connectivity index (χ2v) is 5.41. The van der Waals surface area contributed by atoms with E-state index in [-0.39, 0.29) is 0 Å². The Morgan fingerprint density at radius 1 is 1.29 bits per heavy atom. The van der Waals surface area contributed by atoms with Crippen molar-refractivity contribution in [2.75, 3.05) is 5.88 Å². The van der Waals surface area contributed by atoms with Gasteiger partial charge < -0.3 is 9.09 Å². The molecule has 3 aromatic rings. The molecule has 21 heavy (non-hydrogen) atoms. The third-order valence-corrected chi connectivity index (χ3v) is 3.46. The number of imidazole rings is 1. The van der Waals surface area contributed by atoms with Gasteiger partial charge in [0.05, 0.1) is 5.02 Å². The summed E-state index contributed by atoms with van der Waals surface area (Å²) in [6, 6.07) is 1.80. The maximum absolute atomic E-state index is 5.96. The third-order valence-electron chi connectivity index (χ3n) is 3.07. The van der Waals surface area contributed by atoms with Crippen LogP contribution in [0.1, 0.15) is 17.5 Å². The number of hydrogen-bond donors (Lipinski definition) is 0. The molecule has 110 valence electrons. The standard InChI is InChI=1S/C13H13Cl2N5O/c1-8-17-12(21-19-8)3-5-20-11(2-4-14)18-10-6-9(15)7-16-13(10)20/h6-7H,2-5H2,1H3. The minimum atomic E-state index is 0.497. The van der Waals surface area contributed by atoms with E-state index in [4.69, 9.17) is 27.7 Å². The van der Waals surface area contributed by atoms with Crippen molar-refractivity contribution in [1.29, 1.82) is 0 Å². The van der Waals surface area contributed by atoms with E-state index in [0.717, 1.165) is 17.0 Å². The van der Waals surface area contributed by atoms with Crippen molar-refractivity contribution in [3.05, 3.63) is 34.8 Å². The average molecular weight is 326 g/mol. The highest BCUT2D eigenvalue weighted by Crippen LogP contribution is 2.19. The molecule has 0 fully saturated rings. The second-order valence-electron chi connectivity index (χ2n) is 4.60. The third kappa shape index (κ3) is 3.01. The fourth-order valence-corrected chi connectivity index (χ4v) is 2.51. The van der Waals surface area contributed by atoms with E-state index >= 15 is 0 Å². The summed E-state index contributed by atoms with van der Waals surface area (Å²) in [6.45, 7) is 2.45. The van der Waals surface area contributed by atoms with Crippen LogP contribution in [0.4, 0.5) is 0 Å². The van der Waals surface area contributed by atoms with Crippen molar-refractivity contribution in [3.63, 3.8) is 0 Å². The highest BCUT2D eigenvalue weighted by Gasteiger charge is 2.13. The Morgan fingerprint density at radius 3 is 2.86 bits per heavy atom. The monoisotopic (exact) mass is 325 g/mol. The van der Waals surface area contributed by atoms with Gasteiger partial charge in [0.2, 0.25) is 5.89 Å². The minimum Gasteiger partial charge on any atom is -0.339 e. The zero-order valence-corrected chi connectivity index (χ0v) is 12.9. The first-order valence-electron chi connectivity index (χ1n) is 6.53. The van der Waals surface area contributed by atoms with Gasteiger partial charge in [0.15, 0.2) is 11.5 Å². The van der Waals surface area contributed by atoms with E-state index in [0.29, 0.717) is 42.0 Å². The lowest BCUT2D eigenvalue weighted by Crippen LogP contribution is -2.08. The summed E-state index contributed by atoms with van der Waals surface area (Å²) in [5.74, 6) is 2.61. The van der Waals surface area contributed by atoms with Gasteiger partial charge in [-0.3, -0.25) is 0 Å². The molecule has 3 rings (SSSR count). The van der Waals surface area contributed by atoms with Crippen molar-refractivity contribution >= 4 is 34.4 Å². The van der Waals surface area contributed by atoms with E-state index in [2.05, 4.69) is 20.1 Å². The summed E-state index contributed by atoms with van der Waals surface area (Å²) >= 11 is 11.8. The molecule has 3 aromatic heterocycles. The van der Waals surface area contributed by atoms with Crippen LogP contribution >= 0.6 is 23.2 Å². The summed E-state index contributed by atoms with van der Waals surface area (Å²) < 4.78 is 7.15. The molecule has 0 amide bonds. The lowest BCUT2D eigenvalue weighted by Gasteiger charge is -2.05. The Balaban J connectivity index is 1.92. The number of fused-ring (bicyclic) bond motifs is 1. The largest absolute Gasteiger partial charge is 0.339 e.